The van der Waals surface area contributed by atoms with Gasteiger partial charge in [0.05, 0.1) is 5.56 Å². The molecule has 2 N–H and O–H groups in total. The summed E-state index contributed by atoms with van der Waals surface area (Å²) in [5.74, 6) is -1.38. The van der Waals surface area contributed by atoms with Gasteiger partial charge in [0, 0.05) is 9.50 Å². The van der Waals surface area contributed by atoms with Crippen molar-refractivity contribution in [1.29, 1.82) is 0 Å². The molecule has 1 aromatic rings. The summed E-state index contributed by atoms with van der Waals surface area (Å²) in [6, 6.07) is 4.86. The van der Waals surface area contributed by atoms with Crippen LogP contribution in [0.3, 0.4) is 0 Å². The average Bonchev–Trinajstić information content (AvgIpc) is 2.42. The molecule has 1 aliphatic carbocycles. The smallest absolute Gasteiger partial charge is 0.329 e. The summed E-state index contributed by atoms with van der Waals surface area (Å²) in [4.78, 5) is 23.9. The maximum Gasteiger partial charge on any atom is 0.329 e. The zero-order chi connectivity index (χ0) is 14.8. The van der Waals surface area contributed by atoms with Crippen LogP contribution in [0.5, 0.6) is 0 Å². The number of hydrogen-bond acceptors (Lipinski definition) is 2. The molecule has 0 radical (unpaired) electrons. The SMILES string of the molecule is O=C(NC1(C(=O)O)CCCCC1)c1cc(Cl)ccc1Br. The van der Waals surface area contributed by atoms with Gasteiger partial charge in [-0.15, -0.1) is 0 Å². The van der Waals surface area contributed by atoms with E-state index in [0.717, 1.165) is 19.3 Å². The van der Waals surface area contributed by atoms with E-state index in [9.17, 15) is 14.7 Å². The van der Waals surface area contributed by atoms with E-state index in [1.807, 2.05) is 0 Å². The van der Waals surface area contributed by atoms with E-state index in [4.69, 9.17) is 11.6 Å². The number of rotatable bonds is 3. The predicted octanol–water partition coefficient (Wildman–Crippen LogP) is 3.62. The van der Waals surface area contributed by atoms with Crippen LogP contribution in [0.15, 0.2) is 22.7 Å². The lowest BCUT2D eigenvalue weighted by molar-refractivity contribution is -0.145. The molecule has 0 heterocycles. The van der Waals surface area contributed by atoms with Crippen LogP contribution >= 0.6 is 27.5 Å². The second-order valence-electron chi connectivity index (χ2n) is 5.03. The van der Waals surface area contributed by atoms with Crippen molar-refractivity contribution < 1.29 is 14.7 Å². The Hall–Kier alpha value is -1.07. The van der Waals surface area contributed by atoms with Crippen LogP contribution in [0.25, 0.3) is 0 Å². The van der Waals surface area contributed by atoms with E-state index in [0.29, 0.717) is 27.9 Å². The van der Waals surface area contributed by atoms with Crippen LogP contribution < -0.4 is 5.32 Å². The molecule has 0 aliphatic heterocycles. The van der Waals surface area contributed by atoms with E-state index in [2.05, 4.69) is 21.2 Å². The molecule has 0 atom stereocenters. The Morgan fingerprint density at radius 1 is 1.25 bits per heavy atom. The fraction of sp³-hybridized carbons (Fsp3) is 0.429. The van der Waals surface area contributed by atoms with E-state index >= 15 is 0 Å². The van der Waals surface area contributed by atoms with Gasteiger partial charge in [0.15, 0.2) is 0 Å². The van der Waals surface area contributed by atoms with Gasteiger partial charge < -0.3 is 10.4 Å². The van der Waals surface area contributed by atoms with E-state index < -0.39 is 17.4 Å². The van der Waals surface area contributed by atoms with Crippen molar-refractivity contribution in [1.82, 2.24) is 5.32 Å². The van der Waals surface area contributed by atoms with Crippen molar-refractivity contribution in [3.63, 3.8) is 0 Å². The maximum absolute atomic E-state index is 12.3. The number of carbonyl (C=O) groups is 2. The average molecular weight is 361 g/mol. The highest BCUT2D eigenvalue weighted by Crippen LogP contribution is 2.30. The molecule has 1 amide bonds. The monoisotopic (exact) mass is 359 g/mol. The number of halogens is 2. The molecule has 1 saturated carbocycles. The summed E-state index contributed by atoms with van der Waals surface area (Å²) < 4.78 is 0.593. The van der Waals surface area contributed by atoms with Gasteiger partial charge in [-0.25, -0.2) is 4.79 Å². The first-order chi connectivity index (χ1) is 9.44. The minimum absolute atomic E-state index is 0.351. The van der Waals surface area contributed by atoms with Crippen LogP contribution in [0, 0.1) is 0 Å². The molecular weight excluding hydrogens is 346 g/mol. The van der Waals surface area contributed by atoms with Crippen molar-refractivity contribution in [3.8, 4) is 0 Å². The summed E-state index contributed by atoms with van der Waals surface area (Å²) in [6.07, 6.45) is 3.55. The first-order valence-corrected chi connectivity index (χ1v) is 7.63. The van der Waals surface area contributed by atoms with Gasteiger partial charge in [-0.3, -0.25) is 4.79 Å². The van der Waals surface area contributed by atoms with Crippen molar-refractivity contribution in [2.24, 2.45) is 0 Å². The molecule has 0 aromatic heterocycles. The Labute approximate surface area is 130 Å². The molecule has 0 bridgehead atoms. The zero-order valence-electron chi connectivity index (χ0n) is 10.8. The highest BCUT2D eigenvalue weighted by Gasteiger charge is 2.41. The molecular formula is C14H15BrClNO3. The number of benzene rings is 1. The van der Waals surface area contributed by atoms with E-state index in [1.165, 1.54) is 6.07 Å². The van der Waals surface area contributed by atoms with Crippen LogP contribution in [0.1, 0.15) is 42.5 Å². The van der Waals surface area contributed by atoms with Crippen molar-refractivity contribution >= 4 is 39.4 Å². The number of carboxylic acids is 1. The molecule has 1 aliphatic rings. The third-order valence-electron chi connectivity index (χ3n) is 3.64. The van der Waals surface area contributed by atoms with Crippen LogP contribution in [0.4, 0.5) is 0 Å². The van der Waals surface area contributed by atoms with Crippen molar-refractivity contribution in [3.05, 3.63) is 33.3 Å². The number of nitrogens with one attached hydrogen (secondary N) is 1. The summed E-state index contributed by atoms with van der Waals surface area (Å²) >= 11 is 9.17. The topological polar surface area (TPSA) is 66.4 Å². The second kappa shape index (κ2) is 6.14. The fourth-order valence-corrected chi connectivity index (χ4v) is 3.10. The first-order valence-electron chi connectivity index (χ1n) is 6.45. The van der Waals surface area contributed by atoms with Gasteiger partial charge in [0.1, 0.15) is 5.54 Å². The molecule has 108 valence electrons. The zero-order valence-corrected chi connectivity index (χ0v) is 13.1. The highest BCUT2D eigenvalue weighted by atomic mass is 79.9. The standard InChI is InChI=1S/C14H15BrClNO3/c15-11-5-4-9(16)8-10(11)12(18)17-14(13(19)20)6-2-1-3-7-14/h4-5,8H,1-3,6-7H2,(H,17,18)(H,19,20). The molecule has 0 unspecified atom stereocenters. The minimum Gasteiger partial charge on any atom is -0.480 e. The van der Waals surface area contributed by atoms with Crippen LogP contribution in [-0.2, 0) is 4.79 Å². The van der Waals surface area contributed by atoms with Gasteiger partial charge in [-0.2, -0.15) is 0 Å². The fourth-order valence-electron chi connectivity index (χ4n) is 2.50. The van der Waals surface area contributed by atoms with Crippen molar-refractivity contribution in [2.75, 3.05) is 0 Å². The number of hydrogen-bond donors (Lipinski definition) is 2. The lowest BCUT2D eigenvalue weighted by atomic mass is 9.81. The Balaban J connectivity index is 2.24. The lowest BCUT2D eigenvalue weighted by Crippen LogP contribution is -2.55. The maximum atomic E-state index is 12.3. The molecule has 0 saturated heterocycles. The normalized spacial score (nSPS) is 17.5. The van der Waals surface area contributed by atoms with E-state index in [-0.39, 0.29) is 0 Å². The largest absolute Gasteiger partial charge is 0.480 e. The number of carboxylic acid groups (broad SMARTS) is 1. The predicted molar refractivity (Wildman–Crippen MR) is 80.1 cm³/mol. The third-order valence-corrected chi connectivity index (χ3v) is 4.57. The summed E-state index contributed by atoms with van der Waals surface area (Å²) in [6.45, 7) is 0. The van der Waals surface area contributed by atoms with Crippen LogP contribution in [-0.4, -0.2) is 22.5 Å². The summed E-state index contributed by atoms with van der Waals surface area (Å²) in [5, 5.41) is 12.6. The molecule has 20 heavy (non-hydrogen) atoms. The highest BCUT2D eigenvalue weighted by molar-refractivity contribution is 9.10. The first kappa shape index (κ1) is 15.3. The Morgan fingerprint density at radius 3 is 2.50 bits per heavy atom. The van der Waals surface area contributed by atoms with Gasteiger partial charge in [-0.05, 0) is 47.0 Å². The van der Waals surface area contributed by atoms with Gasteiger partial charge in [-0.1, -0.05) is 30.9 Å². The van der Waals surface area contributed by atoms with Crippen molar-refractivity contribution in [2.45, 2.75) is 37.6 Å². The third kappa shape index (κ3) is 3.15. The Bertz CT molecular complexity index is 541. The van der Waals surface area contributed by atoms with Gasteiger partial charge in [0.2, 0.25) is 0 Å². The molecule has 0 spiro atoms. The quantitative estimate of drug-likeness (QED) is 0.865. The molecule has 1 aromatic carbocycles. The molecule has 1 fully saturated rings. The minimum atomic E-state index is -1.16. The van der Waals surface area contributed by atoms with Gasteiger partial charge >= 0.3 is 5.97 Å². The lowest BCUT2D eigenvalue weighted by Gasteiger charge is -2.34. The van der Waals surface area contributed by atoms with Crippen LogP contribution in [0.2, 0.25) is 5.02 Å². The number of aliphatic carboxylic acids is 1. The Kier molecular flexibility index (Phi) is 4.70. The second-order valence-corrected chi connectivity index (χ2v) is 6.32. The summed E-state index contributed by atoms with van der Waals surface area (Å²) in [7, 11) is 0. The number of carbonyl (C=O) groups excluding carboxylic acids is 1. The molecule has 6 heteroatoms. The molecule has 4 nitrogen and oxygen atoms in total. The summed E-state index contributed by atoms with van der Waals surface area (Å²) in [5.41, 5.74) is -0.805. The Morgan fingerprint density at radius 2 is 1.90 bits per heavy atom. The van der Waals surface area contributed by atoms with Gasteiger partial charge in [0.25, 0.3) is 5.91 Å². The number of amides is 1. The van der Waals surface area contributed by atoms with E-state index in [1.54, 1.807) is 12.1 Å². The molecule has 2 rings (SSSR count).